The molecule has 0 amide bonds. The molecule has 0 bridgehead atoms. The van der Waals surface area contributed by atoms with E-state index in [2.05, 4.69) is 38.5 Å². The summed E-state index contributed by atoms with van der Waals surface area (Å²) in [5.74, 6) is 0. The summed E-state index contributed by atoms with van der Waals surface area (Å²) in [6.07, 6.45) is 11.1. The zero-order valence-electron chi connectivity index (χ0n) is 13.1. The average molecular weight is 316 g/mol. The number of hydrogen-bond acceptors (Lipinski definition) is 1. The predicted octanol–water partition coefficient (Wildman–Crippen LogP) is 5.60. The molecule has 0 aliphatic heterocycles. The van der Waals surface area contributed by atoms with Crippen LogP contribution in [-0.2, 0) is 0 Å². The fourth-order valence-corrected chi connectivity index (χ4v) is 10.0. The molecule has 0 fully saturated rings. The molecule has 0 radical (unpaired) electrons. The second-order valence-corrected chi connectivity index (χ2v) is 10.8. The molecule has 0 saturated heterocycles. The summed E-state index contributed by atoms with van der Waals surface area (Å²) in [5, 5.41) is 8.56. The summed E-state index contributed by atoms with van der Waals surface area (Å²) in [6.45, 7) is 9.38. The van der Waals surface area contributed by atoms with Crippen molar-refractivity contribution in [2.24, 2.45) is 0 Å². The molecule has 3 heteroatoms. The molecule has 0 saturated carbocycles. The lowest BCUT2D eigenvalue weighted by molar-refractivity contribution is 1.06. The van der Waals surface area contributed by atoms with Crippen LogP contribution in [0.25, 0.3) is 0 Å². The van der Waals surface area contributed by atoms with Gasteiger partial charge in [0.2, 0.25) is 0 Å². The van der Waals surface area contributed by atoms with Gasteiger partial charge in [-0.2, -0.15) is 11.3 Å². The van der Waals surface area contributed by atoms with Crippen molar-refractivity contribution in [3.8, 4) is 0 Å². The van der Waals surface area contributed by atoms with E-state index in [1.54, 1.807) is 10.6 Å². The largest absolute Gasteiger partial charge is 0.151 e. The topological polar surface area (TPSA) is 0 Å². The van der Waals surface area contributed by atoms with Gasteiger partial charge in [-0.1, -0.05) is 69.2 Å². The van der Waals surface area contributed by atoms with E-state index in [4.69, 9.17) is 0 Å². The van der Waals surface area contributed by atoms with Gasteiger partial charge in [0.1, 0.15) is 0 Å². The maximum absolute atomic E-state index is 2.49. The number of rotatable bonds is 10. The Morgan fingerprint density at radius 3 is 1.26 bits per heavy atom. The van der Waals surface area contributed by atoms with Crippen LogP contribution in [0, 0.1) is 0 Å². The van der Waals surface area contributed by atoms with Gasteiger partial charge in [0.05, 0.1) is 0 Å². The number of thiophene rings is 1. The highest BCUT2D eigenvalue weighted by Crippen LogP contribution is 2.42. The van der Waals surface area contributed by atoms with Crippen molar-refractivity contribution in [2.75, 3.05) is 24.6 Å². The lowest BCUT2D eigenvalue weighted by Crippen LogP contribution is -2.21. The molecule has 0 unspecified atom stereocenters. The summed E-state index contributed by atoms with van der Waals surface area (Å²) >= 11 is 1.96. The highest BCUT2D eigenvalue weighted by molar-refractivity contribution is 7.72. The maximum Gasteiger partial charge on any atom is -0.000966 e. The van der Waals surface area contributed by atoms with Crippen molar-refractivity contribution in [1.29, 1.82) is 0 Å². The lowest BCUT2D eigenvalue weighted by atomic mass is 10.6. The Kier molecular flexibility index (Phi) is 9.56. The van der Waals surface area contributed by atoms with Gasteiger partial charge in [-0.3, -0.25) is 0 Å². The zero-order valence-corrected chi connectivity index (χ0v) is 15.7. The summed E-state index contributed by atoms with van der Waals surface area (Å²) < 4.78 is 0. The monoisotopic (exact) mass is 316 g/mol. The number of hydrogen-bond donors (Lipinski definition) is 0. The third-order valence-corrected chi connectivity index (χ3v) is 10.6. The van der Waals surface area contributed by atoms with Crippen molar-refractivity contribution >= 4 is 37.8 Å². The standard InChI is InChI=1S/C16H30P2S/c1-5-9-17(10-6-2)15-13-19-14-16(15)18(11-7-3)12-8-4/h13-14H,5-12H2,1-4H3. The minimum Gasteiger partial charge on any atom is -0.151 e. The van der Waals surface area contributed by atoms with Crippen molar-refractivity contribution in [3.63, 3.8) is 0 Å². The van der Waals surface area contributed by atoms with Crippen molar-refractivity contribution in [2.45, 2.75) is 53.4 Å². The molecule has 0 nitrogen and oxygen atoms in total. The van der Waals surface area contributed by atoms with Gasteiger partial charge < -0.3 is 0 Å². The van der Waals surface area contributed by atoms with E-state index in [1.807, 2.05) is 11.3 Å². The van der Waals surface area contributed by atoms with E-state index in [1.165, 1.54) is 50.3 Å². The SMILES string of the molecule is CCCP(CCC)c1cscc1P(CCC)CCC. The van der Waals surface area contributed by atoms with Crippen LogP contribution in [0.15, 0.2) is 10.8 Å². The smallest absolute Gasteiger partial charge is 0.000966 e. The first kappa shape index (κ1) is 17.6. The molecule has 1 aromatic heterocycles. The third kappa shape index (κ3) is 5.45. The van der Waals surface area contributed by atoms with Crippen molar-refractivity contribution in [3.05, 3.63) is 10.8 Å². The van der Waals surface area contributed by atoms with Crippen LogP contribution in [0.5, 0.6) is 0 Å². The van der Waals surface area contributed by atoms with Gasteiger partial charge in [-0.05, 0) is 46.0 Å². The molecule has 110 valence electrons. The Morgan fingerprint density at radius 1 is 0.684 bits per heavy atom. The highest BCUT2D eigenvalue weighted by atomic mass is 32.1. The third-order valence-electron chi connectivity index (χ3n) is 3.28. The molecule has 0 N–H and O–H groups in total. The van der Waals surface area contributed by atoms with Gasteiger partial charge in [0.25, 0.3) is 0 Å². The molecule has 1 rings (SSSR count). The normalized spacial score (nSPS) is 11.7. The van der Waals surface area contributed by atoms with Crippen LogP contribution >= 0.6 is 27.2 Å². The molecule has 0 atom stereocenters. The highest BCUT2D eigenvalue weighted by Gasteiger charge is 2.19. The second kappa shape index (κ2) is 10.3. The summed E-state index contributed by atoms with van der Waals surface area (Å²) in [5.41, 5.74) is 0. The minimum absolute atomic E-state index is 0.133. The quantitative estimate of drug-likeness (QED) is 0.493. The van der Waals surface area contributed by atoms with Crippen LogP contribution in [0.3, 0.4) is 0 Å². The Labute approximate surface area is 126 Å². The summed E-state index contributed by atoms with van der Waals surface area (Å²) in [4.78, 5) is 0. The lowest BCUT2D eigenvalue weighted by Gasteiger charge is -2.22. The zero-order chi connectivity index (χ0) is 14.1. The van der Waals surface area contributed by atoms with E-state index in [0.29, 0.717) is 0 Å². The van der Waals surface area contributed by atoms with Gasteiger partial charge in [-0.15, -0.1) is 0 Å². The first-order chi connectivity index (χ1) is 9.28. The Morgan fingerprint density at radius 2 is 1.00 bits per heavy atom. The van der Waals surface area contributed by atoms with Gasteiger partial charge in [-0.25, -0.2) is 0 Å². The maximum atomic E-state index is 2.49. The Balaban J connectivity index is 2.91. The van der Waals surface area contributed by atoms with Crippen LogP contribution in [-0.4, -0.2) is 24.6 Å². The molecule has 0 aromatic carbocycles. The molecular weight excluding hydrogens is 286 g/mol. The molecule has 1 aromatic rings. The van der Waals surface area contributed by atoms with Crippen LogP contribution in [0.2, 0.25) is 0 Å². The minimum atomic E-state index is 0.133. The fraction of sp³-hybridized carbons (Fsp3) is 0.750. The first-order valence-electron chi connectivity index (χ1n) is 7.84. The van der Waals surface area contributed by atoms with E-state index in [-0.39, 0.29) is 15.8 Å². The van der Waals surface area contributed by atoms with Gasteiger partial charge in [0, 0.05) is 0 Å². The molecule has 1 heterocycles. The van der Waals surface area contributed by atoms with Crippen LogP contribution in [0.1, 0.15) is 53.4 Å². The summed E-state index contributed by atoms with van der Waals surface area (Å²) in [7, 11) is 0.266. The van der Waals surface area contributed by atoms with E-state index in [0.717, 1.165) is 0 Å². The van der Waals surface area contributed by atoms with Crippen LogP contribution < -0.4 is 10.6 Å². The van der Waals surface area contributed by atoms with Gasteiger partial charge >= 0.3 is 0 Å². The Hall–Kier alpha value is 0.560. The molecule has 0 aliphatic carbocycles. The molecule has 0 spiro atoms. The Bertz CT molecular complexity index is 293. The fourth-order valence-electron chi connectivity index (χ4n) is 2.54. The van der Waals surface area contributed by atoms with E-state index in [9.17, 15) is 0 Å². The van der Waals surface area contributed by atoms with Crippen molar-refractivity contribution < 1.29 is 0 Å². The second-order valence-electron chi connectivity index (χ2n) is 5.12. The van der Waals surface area contributed by atoms with Gasteiger partial charge in [0.15, 0.2) is 0 Å². The predicted molar refractivity (Wildman–Crippen MR) is 98.1 cm³/mol. The van der Waals surface area contributed by atoms with Crippen molar-refractivity contribution in [1.82, 2.24) is 0 Å². The molecular formula is C16H30P2S. The average Bonchev–Trinajstić information content (AvgIpc) is 2.87. The van der Waals surface area contributed by atoms with E-state index >= 15 is 0 Å². The summed E-state index contributed by atoms with van der Waals surface area (Å²) in [6, 6.07) is 0. The molecule has 0 aliphatic rings. The first-order valence-corrected chi connectivity index (χ1v) is 12.2. The molecule has 19 heavy (non-hydrogen) atoms. The van der Waals surface area contributed by atoms with Crippen LogP contribution in [0.4, 0.5) is 0 Å². The van der Waals surface area contributed by atoms with E-state index < -0.39 is 0 Å².